The van der Waals surface area contributed by atoms with Crippen molar-refractivity contribution in [1.82, 2.24) is 0 Å². The molecule has 1 aliphatic heterocycles. The lowest BCUT2D eigenvalue weighted by Gasteiger charge is -2.23. The number of carboxylic acids is 1. The van der Waals surface area contributed by atoms with Crippen LogP contribution in [0.5, 0.6) is 5.75 Å². The average molecular weight is 264 g/mol. The molecule has 4 nitrogen and oxygen atoms in total. The summed E-state index contributed by atoms with van der Waals surface area (Å²) in [5, 5.41) is 8.88. The van der Waals surface area contributed by atoms with Gasteiger partial charge in [-0.05, 0) is 37.0 Å². The van der Waals surface area contributed by atoms with E-state index in [-0.39, 0.29) is 12.0 Å². The molecule has 104 valence electrons. The first-order valence-corrected chi connectivity index (χ1v) is 6.71. The van der Waals surface area contributed by atoms with Crippen LogP contribution in [0.1, 0.15) is 25.3 Å². The Morgan fingerprint density at radius 1 is 1.47 bits per heavy atom. The number of aliphatic carboxylic acids is 1. The third-order valence-electron chi connectivity index (χ3n) is 3.31. The molecule has 1 aromatic rings. The quantitative estimate of drug-likeness (QED) is 0.887. The van der Waals surface area contributed by atoms with E-state index in [4.69, 9.17) is 14.6 Å². The van der Waals surface area contributed by atoms with Crippen LogP contribution in [0.2, 0.25) is 0 Å². The van der Waals surface area contributed by atoms with Gasteiger partial charge < -0.3 is 14.6 Å². The molecule has 0 spiro atoms. The lowest BCUT2D eigenvalue weighted by Crippen LogP contribution is -2.27. The first-order valence-electron chi connectivity index (χ1n) is 6.71. The number of benzene rings is 1. The Morgan fingerprint density at radius 3 is 2.79 bits per heavy atom. The third-order valence-corrected chi connectivity index (χ3v) is 3.31. The van der Waals surface area contributed by atoms with Gasteiger partial charge >= 0.3 is 5.97 Å². The van der Waals surface area contributed by atoms with Crippen molar-refractivity contribution >= 4 is 5.97 Å². The topological polar surface area (TPSA) is 55.8 Å². The van der Waals surface area contributed by atoms with Crippen LogP contribution in [-0.4, -0.2) is 30.4 Å². The van der Waals surface area contributed by atoms with E-state index in [1.165, 1.54) is 0 Å². The van der Waals surface area contributed by atoms with Gasteiger partial charge in [-0.25, -0.2) is 0 Å². The monoisotopic (exact) mass is 264 g/mol. The maximum absolute atomic E-state index is 10.8. The van der Waals surface area contributed by atoms with Gasteiger partial charge in [-0.1, -0.05) is 19.1 Å². The minimum atomic E-state index is -0.764. The fraction of sp³-hybridized carbons (Fsp3) is 0.533. The highest BCUT2D eigenvalue weighted by molar-refractivity contribution is 5.69. The maximum atomic E-state index is 10.8. The van der Waals surface area contributed by atoms with E-state index in [9.17, 15) is 4.79 Å². The van der Waals surface area contributed by atoms with Crippen LogP contribution in [0.15, 0.2) is 24.3 Å². The molecule has 0 aromatic heterocycles. The summed E-state index contributed by atoms with van der Waals surface area (Å²) in [5.41, 5.74) is 1.02. The molecule has 0 radical (unpaired) electrons. The van der Waals surface area contributed by atoms with Crippen molar-refractivity contribution in [2.75, 3.05) is 13.2 Å². The van der Waals surface area contributed by atoms with E-state index in [1.807, 2.05) is 24.3 Å². The molecule has 1 saturated heterocycles. The van der Waals surface area contributed by atoms with Crippen molar-refractivity contribution in [2.24, 2.45) is 5.92 Å². The Balaban J connectivity index is 1.88. The summed E-state index contributed by atoms with van der Waals surface area (Å²) < 4.78 is 11.2. The number of carboxylic acid groups (broad SMARTS) is 1. The zero-order chi connectivity index (χ0) is 13.7. The molecule has 2 atom stereocenters. The summed E-state index contributed by atoms with van der Waals surface area (Å²) in [6.07, 6.45) is 2.75. The van der Waals surface area contributed by atoms with E-state index in [0.29, 0.717) is 13.0 Å². The van der Waals surface area contributed by atoms with E-state index >= 15 is 0 Å². The summed E-state index contributed by atoms with van der Waals surface area (Å²) in [5.74, 6) is -0.305. The van der Waals surface area contributed by atoms with Crippen molar-refractivity contribution in [1.29, 1.82) is 0 Å². The summed E-state index contributed by atoms with van der Waals surface area (Å²) >= 11 is 0. The lowest BCUT2D eigenvalue weighted by atomic mass is 10.0. The molecule has 1 fully saturated rings. The molecule has 2 rings (SSSR count). The van der Waals surface area contributed by atoms with Crippen LogP contribution in [0, 0.1) is 5.92 Å². The average Bonchev–Trinajstić information content (AvgIpc) is 2.42. The molecule has 0 amide bonds. The lowest BCUT2D eigenvalue weighted by molar-refractivity contribution is -0.141. The molecule has 19 heavy (non-hydrogen) atoms. The van der Waals surface area contributed by atoms with Crippen LogP contribution >= 0.6 is 0 Å². The second kappa shape index (κ2) is 6.57. The van der Waals surface area contributed by atoms with Gasteiger partial charge in [0.1, 0.15) is 11.9 Å². The van der Waals surface area contributed by atoms with Crippen molar-refractivity contribution in [3.63, 3.8) is 0 Å². The minimum Gasteiger partial charge on any atom is -0.488 e. The maximum Gasteiger partial charge on any atom is 0.306 e. The van der Waals surface area contributed by atoms with Crippen molar-refractivity contribution < 1.29 is 19.4 Å². The molecule has 1 aliphatic rings. The predicted octanol–water partition coefficient (Wildman–Crippen LogP) is 2.51. The largest absolute Gasteiger partial charge is 0.488 e. The summed E-state index contributed by atoms with van der Waals surface area (Å²) in [6.45, 7) is 3.19. The molecular formula is C15H20O4. The van der Waals surface area contributed by atoms with E-state index in [1.54, 1.807) is 6.92 Å². The summed E-state index contributed by atoms with van der Waals surface area (Å²) in [6, 6.07) is 7.66. The smallest absolute Gasteiger partial charge is 0.306 e. The van der Waals surface area contributed by atoms with Crippen molar-refractivity contribution in [3.8, 4) is 5.75 Å². The fourth-order valence-corrected chi connectivity index (χ4v) is 2.14. The Labute approximate surface area is 113 Å². The van der Waals surface area contributed by atoms with E-state index in [0.717, 1.165) is 30.8 Å². The van der Waals surface area contributed by atoms with Gasteiger partial charge in [-0.15, -0.1) is 0 Å². The first-order chi connectivity index (χ1) is 9.15. The number of hydrogen-bond acceptors (Lipinski definition) is 3. The van der Waals surface area contributed by atoms with Crippen molar-refractivity contribution in [2.45, 2.75) is 32.3 Å². The van der Waals surface area contributed by atoms with Crippen LogP contribution in [-0.2, 0) is 16.0 Å². The second-order valence-corrected chi connectivity index (χ2v) is 5.04. The third kappa shape index (κ3) is 4.24. The van der Waals surface area contributed by atoms with Gasteiger partial charge in [0.2, 0.25) is 0 Å². The van der Waals surface area contributed by atoms with Crippen LogP contribution in [0.3, 0.4) is 0 Å². The SMILES string of the molecule is CC(Cc1ccc(OC2CCCOC2)cc1)C(=O)O. The Hall–Kier alpha value is -1.55. The zero-order valence-corrected chi connectivity index (χ0v) is 11.2. The van der Waals surface area contributed by atoms with E-state index < -0.39 is 5.97 Å². The van der Waals surface area contributed by atoms with Gasteiger partial charge in [0.25, 0.3) is 0 Å². The second-order valence-electron chi connectivity index (χ2n) is 5.04. The first kappa shape index (κ1) is 13.9. The zero-order valence-electron chi connectivity index (χ0n) is 11.2. The molecule has 2 unspecified atom stereocenters. The molecule has 1 aromatic carbocycles. The van der Waals surface area contributed by atoms with Crippen LogP contribution in [0.4, 0.5) is 0 Å². The number of ether oxygens (including phenoxy) is 2. The molecule has 4 heteroatoms. The van der Waals surface area contributed by atoms with Gasteiger partial charge in [0.15, 0.2) is 0 Å². The number of hydrogen-bond donors (Lipinski definition) is 1. The Kier molecular flexibility index (Phi) is 4.80. The molecule has 0 saturated carbocycles. The summed E-state index contributed by atoms with van der Waals surface area (Å²) in [7, 11) is 0. The predicted molar refractivity (Wildman–Crippen MR) is 71.4 cm³/mol. The number of rotatable bonds is 5. The fourth-order valence-electron chi connectivity index (χ4n) is 2.14. The summed E-state index contributed by atoms with van der Waals surface area (Å²) in [4.78, 5) is 10.8. The Bertz CT molecular complexity index is 407. The van der Waals surface area contributed by atoms with Crippen LogP contribution in [0.25, 0.3) is 0 Å². The molecule has 0 aliphatic carbocycles. The highest BCUT2D eigenvalue weighted by atomic mass is 16.5. The van der Waals surface area contributed by atoms with Gasteiger partial charge in [-0.3, -0.25) is 4.79 Å². The molecular weight excluding hydrogens is 244 g/mol. The van der Waals surface area contributed by atoms with Gasteiger partial charge in [0.05, 0.1) is 12.5 Å². The van der Waals surface area contributed by atoms with Gasteiger partial charge in [-0.2, -0.15) is 0 Å². The molecule has 1 heterocycles. The molecule has 1 N–H and O–H groups in total. The standard InChI is InChI=1S/C15H20O4/c1-11(15(16)17)9-12-4-6-13(7-5-12)19-14-3-2-8-18-10-14/h4-7,11,14H,2-3,8-10H2,1H3,(H,16,17). The van der Waals surface area contributed by atoms with Crippen LogP contribution < -0.4 is 4.74 Å². The van der Waals surface area contributed by atoms with Gasteiger partial charge in [0, 0.05) is 6.61 Å². The Morgan fingerprint density at radius 2 is 2.21 bits per heavy atom. The molecule has 0 bridgehead atoms. The minimum absolute atomic E-state index is 0.137. The van der Waals surface area contributed by atoms with E-state index in [2.05, 4.69) is 0 Å². The highest BCUT2D eigenvalue weighted by Gasteiger charge is 2.15. The number of carbonyl (C=O) groups is 1. The highest BCUT2D eigenvalue weighted by Crippen LogP contribution is 2.19. The van der Waals surface area contributed by atoms with Crippen molar-refractivity contribution in [3.05, 3.63) is 29.8 Å². The normalized spacial score (nSPS) is 20.8.